The van der Waals surface area contributed by atoms with Gasteiger partial charge in [-0.05, 0) is 36.8 Å². The molecule has 0 atom stereocenters. The molecule has 2 aromatic rings. The summed E-state index contributed by atoms with van der Waals surface area (Å²) in [5.74, 6) is -0.191. The fourth-order valence-corrected chi connectivity index (χ4v) is 2.41. The molecule has 0 aromatic heterocycles. The van der Waals surface area contributed by atoms with E-state index in [2.05, 4.69) is 0 Å². The highest BCUT2D eigenvalue weighted by atomic mass is 35.5. The van der Waals surface area contributed by atoms with Crippen molar-refractivity contribution in [3.63, 3.8) is 0 Å². The summed E-state index contributed by atoms with van der Waals surface area (Å²) in [7, 11) is 0. The van der Waals surface area contributed by atoms with Gasteiger partial charge in [0.25, 0.3) is 5.69 Å². The summed E-state index contributed by atoms with van der Waals surface area (Å²) in [4.78, 5) is 12.2. The maximum Gasteiger partial charge on any atom is 0.269 e. The SMILES string of the molecule is CCN(c1cccc(F)c1)c1ccc([N+](=O)[O-])cc1CCl. The zero-order valence-electron chi connectivity index (χ0n) is 11.4. The van der Waals surface area contributed by atoms with Crippen LogP contribution in [0.5, 0.6) is 0 Å². The minimum atomic E-state index is -0.460. The van der Waals surface area contributed by atoms with E-state index in [1.807, 2.05) is 11.8 Å². The molecule has 0 aliphatic carbocycles. The molecule has 0 aliphatic rings. The standard InChI is InChI=1S/C15H14ClFN2O2/c1-2-18(13-5-3-4-12(17)9-13)15-7-6-14(19(20)21)8-11(15)10-16/h3-9H,2,10H2,1H3. The average molecular weight is 309 g/mol. The third kappa shape index (κ3) is 3.31. The van der Waals surface area contributed by atoms with Crippen LogP contribution < -0.4 is 4.90 Å². The lowest BCUT2D eigenvalue weighted by atomic mass is 10.1. The van der Waals surface area contributed by atoms with Gasteiger partial charge in [0, 0.05) is 35.9 Å². The van der Waals surface area contributed by atoms with Gasteiger partial charge in [-0.25, -0.2) is 4.39 Å². The van der Waals surface area contributed by atoms with Crippen molar-refractivity contribution >= 4 is 28.7 Å². The Hall–Kier alpha value is -2.14. The molecule has 0 unspecified atom stereocenters. The Morgan fingerprint density at radius 2 is 2.05 bits per heavy atom. The van der Waals surface area contributed by atoms with Crippen LogP contribution in [0.4, 0.5) is 21.5 Å². The quantitative estimate of drug-likeness (QED) is 0.459. The van der Waals surface area contributed by atoms with E-state index in [4.69, 9.17) is 11.6 Å². The summed E-state index contributed by atoms with van der Waals surface area (Å²) in [6, 6.07) is 10.7. The van der Waals surface area contributed by atoms with Gasteiger partial charge in [0.15, 0.2) is 0 Å². The van der Waals surface area contributed by atoms with Crippen LogP contribution in [0.3, 0.4) is 0 Å². The summed E-state index contributed by atoms with van der Waals surface area (Å²) in [6.07, 6.45) is 0. The van der Waals surface area contributed by atoms with Crippen LogP contribution in [0.2, 0.25) is 0 Å². The van der Waals surface area contributed by atoms with Crippen LogP contribution >= 0.6 is 11.6 Å². The van der Waals surface area contributed by atoms with E-state index in [-0.39, 0.29) is 17.4 Å². The number of nitro benzene ring substituents is 1. The van der Waals surface area contributed by atoms with E-state index in [9.17, 15) is 14.5 Å². The maximum absolute atomic E-state index is 13.4. The highest BCUT2D eigenvalue weighted by Gasteiger charge is 2.16. The van der Waals surface area contributed by atoms with E-state index >= 15 is 0 Å². The summed E-state index contributed by atoms with van der Waals surface area (Å²) >= 11 is 5.91. The van der Waals surface area contributed by atoms with E-state index in [0.717, 1.165) is 5.69 Å². The van der Waals surface area contributed by atoms with Crippen LogP contribution in [-0.4, -0.2) is 11.5 Å². The van der Waals surface area contributed by atoms with E-state index in [1.165, 1.54) is 24.3 Å². The first-order valence-corrected chi connectivity index (χ1v) is 6.96. The summed E-state index contributed by atoms with van der Waals surface area (Å²) < 4.78 is 13.4. The van der Waals surface area contributed by atoms with Gasteiger partial charge < -0.3 is 4.90 Å². The van der Waals surface area contributed by atoms with Gasteiger partial charge in [-0.2, -0.15) is 0 Å². The fraction of sp³-hybridized carbons (Fsp3) is 0.200. The number of hydrogen-bond donors (Lipinski definition) is 0. The number of nitro groups is 1. The van der Waals surface area contributed by atoms with Crippen LogP contribution in [0, 0.1) is 15.9 Å². The van der Waals surface area contributed by atoms with Gasteiger partial charge in [-0.1, -0.05) is 6.07 Å². The molecule has 2 rings (SSSR count). The second kappa shape index (κ2) is 6.54. The van der Waals surface area contributed by atoms with Crippen molar-refractivity contribution in [2.45, 2.75) is 12.8 Å². The number of nitrogens with zero attached hydrogens (tertiary/aromatic N) is 2. The van der Waals surface area contributed by atoms with Crippen molar-refractivity contribution in [3.8, 4) is 0 Å². The Morgan fingerprint density at radius 1 is 1.29 bits per heavy atom. The topological polar surface area (TPSA) is 46.4 Å². The zero-order valence-corrected chi connectivity index (χ0v) is 12.2. The summed E-state index contributed by atoms with van der Waals surface area (Å²) in [5, 5.41) is 10.8. The van der Waals surface area contributed by atoms with E-state index < -0.39 is 4.92 Å². The first kappa shape index (κ1) is 15.3. The average Bonchev–Trinajstić information content (AvgIpc) is 2.48. The Bertz CT molecular complexity index is 664. The van der Waals surface area contributed by atoms with Crippen LogP contribution in [-0.2, 0) is 5.88 Å². The highest BCUT2D eigenvalue weighted by Crippen LogP contribution is 2.32. The Kier molecular flexibility index (Phi) is 4.75. The molecule has 2 aromatic carbocycles. The largest absolute Gasteiger partial charge is 0.341 e. The number of hydrogen-bond acceptors (Lipinski definition) is 3. The second-order valence-electron chi connectivity index (χ2n) is 4.43. The number of alkyl halides is 1. The molecule has 0 amide bonds. The third-order valence-corrected chi connectivity index (χ3v) is 3.43. The van der Waals surface area contributed by atoms with Gasteiger partial charge in [-0.15, -0.1) is 11.6 Å². The first-order valence-electron chi connectivity index (χ1n) is 6.43. The fourth-order valence-electron chi connectivity index (χ4n) is 2.19. The van der Waals surface area contributed by atoms with Crippen LogP contribution in [0.25, 0.3) is 0 Å². The molecule has 0 radical (unpaired) electrons. The first-order chi connectivity index (χ1) is 10.1. The number of halogens is 2. The lowest BCUT2D eigenvalue weighted by Gasteiger charge is -2.25. The molecular formula is C15H14ClFN2O2. The molecule has 0 aliphatic heterocycles. The van der Waals surface area contributed by atoms with Gasteiger partial charge in [0.1, 0.15) is 5.82 Å². The lowest BCUT2D eigenvalue weighted by Crippen LogP contribution is -2.17. The molecule has 0 bridgehead atoms. The normalized spacial score (nSPS) is 10.4. The predicted molar refractivity (Wildman–Crippen MR) is 81.7 cm³/mol. The van der Waals surface area contributed by atoms with Crippen LogP contribution in [0.1, 0.15) is 12.5 Å². The smallest absolute Gasteiger partial charge is 0.269 e. The van der Waals surface area contributed by atoms with Crippen molar-refractivity contribution < 1.29 is 9.31 Å². The Labute approximate surface area is 126 Å². The zero-order chi connectivity index (χ0) is 15.4. The predicted octanol–water partition coefficient (Wildman–Crippen LogP) is 4.63. The van der Waals surface area contributed by atoms with Gasteiger partial charge in [-0.3, -0.25) is 10.1 Å². The maximum atomic E-state index is 13.4. The molecule has 110 valence electrons. The van der Waals surface area contributed by atoms with Crippen molar-refractivity contribution in [3.05, 3.63) is 64.0 Å². The van der Waals surface area contributed by atoms with Gasteiger partial charge in [0.2, 0.25) is 0 Å². The van der Waals surface area contributed by atoms with E-state index in [1.54, 1.807) is 18.2 Å². The minimum Gasteiger partial charge on any atom is -0.341 e. The molecule has 6 heteroatoms. The third-order valence-electron chi connectivity index (χ3n) is 3.14. The molecule has 21 heavy (non-hydrogen) atoms. The van der Waals surface area contributed by atoms with Crippen molar-refractivity contribution in [1.82, 2.24) is 0 Å². The number of benzene rings is 2. The van der Waals surface area contributed by atoms with Crippen LogP contribution in [0.15, 0.2) is 42.5 Å². The Balaban J connectivity index is 2.49. The molecule has 0 saturated carbocycles. The second-order valence-corrected chi connectivity index (χ2v) is 4.70. The molecule has 0 heterocycles. The molecule has 4 nitrogen and oxygen atoms in total. The molecular weight excluding hydrogens is 295 g/mol. The van der Waals surface area contributed by atoms with Crippen molar-refractivity contribution in [1.29, 1.82) is 0 Å². The Morgan fingerprint density at radius 3 is 2.62 bits per heavy atom. The molecule has 0 fully saturated rings. The van der Waals surface area contributed by atoms with E-state index in [0.29, 0.717) is 17.8 Å². The van der Waals surface area contributed by atoms with Crippen molar-refractivity contribution in [2.24, 2.45) is 0 Å². The molecule has 0 N–H and O–H groups in total. The molecule has 0 saturated heterocycles. The monoisotopic (exact) mass is 308 g/mol. The van der Waals surface area contributed by atoms with Gasteiger partial charge in [0.05, 0.1) is 4.92 Å². The summed E-state index contributed by atoms with van der Waals surface area (Å²) in [5.41, 5.74) is 2.04. The van der Waals surface area contributed by atoms with Gasteiger partial charge >= 0.3 is 0 Å². The lowest BCUT2D eigenvalue weighted by molar-refractivity contribution is -0.384. The molecule has 0 spiro atoms. The summed E-state index contributed by atoms with van der Waals surface area (Å²) in [6.45, 7) is 2.51. The van der Waals surface area contributed by atoms with Crippen molar-refractivity contribution in [2.75, 3.05) is 11.4 Å². The highest BCUT2D eigenvalue weighted by molar-refractivity contribution is 6.17. The number of anilines is 2. The number of non-ortho nitro benzene ring substituents is 1. The minimum absolute atomic E-state index is 0.00954. The number of rotatable bonds is 5.